The van der Waals surface area contributed by atoms with E-state index >= 15 is 0 Å². The van der Waals surface area contributed by atoms with E-state index in [1.807, 2.05) is 6.92 Å². The summed E-state index contributed by atoms with van der Waals surface area (Å²) in [5, 5.41) is 9.94. The zero-order valence-electron chi connectivity index (χ0n) is 9.79. The third-order valence-corrected chi connectivity index (χ3v) is 2.07. The van der Waals surface area contributed by atoms with Crippen molar-refractivity contribution in [3.05, 3.63) is 6.20 Å². The monoisotopic (exact) mass is 225 g/mol. The minimum Gasteiger partial charge on any atom is -0.394 e. The van der Waals surface area contributed by atoms with Crippen molar-refractivity contribution in [3.8, 4) is 0 Å². The molecule has 0 bridgehead atoms. The van der Waals surface area contributed by atoms with Crippen molar-refractivity contribution in [1.29, 1.82) is 0 Å². The molecular formula is C10H19N5O. The first-order valence-corrected chi connectivity index (χ1v) is 5.43. The summed E-state index contributed by atoms with van der Waals surface area (Å²) in [4.78, 5) is 11.3. The molecule has 1 heterocycles. The Morgan fingerprint density at radius 3 is 2.88 bits per heavy atom. The highest BCUT2D eigenvalue weighted by Gasteiger charge is 2.04. The average Bonchev–Trinajstić information content (AvgIpc) is 2.55. The van der Waals surface area contributed by atoms with Gasteiger partial charge in [-0.25, -0.2) is 0 Å². The third kappa shape index (κ3) is 3.80. The molecule has 0 saturated heterocycles. The van der Waals surface area contributed by atoms with Gasteiger partial charge in [-0.2, -0.15) is 5.10 Å². The van der Waals surface area contributed by atoms with Crippen molar-refractivity contribution in [2.24, 2.45) is 7.05 Å². The number of amides is 1. The lowest BCUT2D eigenvalue weighted by molar-refractivity contribution is -0.120. The first-order chi connectivity index (χ1) is 7.63. The summed E-state index contributed by atoms with van der Waals surface area (Å²) in [6, 6.07) is 0. The van der Waals surface area contributed by atoms with Gasteiger partial charge < -0.3 is 16.4 Å². The van der Waals surface area contributed by atoms with Crippen LogP contribution in [0, 0.1) is 0 Å². The molecule has 0 fully saturated rings. The van der Waals surface area contributed by atoms with Crippen LogP contribution in [-0.4, -0.2) is 28.8 Å². The number of nitrogen functional groups attached to an aromatic ring is 1. The largest absolute Gasteiger partial charge is 0.394 e. The highest BCUT2D eigenvalue weighted by molar-refractivity contribution is 5.76. The van der Waals surface area contributed by atoms with E-state index in [0.717, 1.165) is 13.0 Å². The van der Waals surface area contributed by atoms with Crippen LogP contribution in [0.5, 0.6) is 0 Å². The van der Waals surface area contributed by atoms with E-state index in [2.05, 4.69) is 15.7 Å². The second-order valence-corrected chi connectivity index (χ2v) is 3.63. The Kier molecular flexibility index (Phi) is 4.63. The number of rotatable bonds is 6. The number of nitrogens with zero attached hydrogens (tertiary/aromatic N) is 2. The van der Waals surface area contributed by atoms with Gasteiger partial charge in [0.15, 0.2) is 5.82 Å². The van der Waals surface area contributed by atoms with Crippen LogP contribution in [0.4, 0.5) is 11.5 Å². The number of hydrogen-bond donors (Lipinski definition) is 3. The van der Waals surface area contributed by atoms with Crippen LogP contribution in [-0.2, 0) is 11.8 Å². The van der Waals surface area contributed by atoms with Crippen LogP contribution >= 0.6 is 0 Å². The summed E-state index contributed by atoms with van der Waals surface area (Å²) in [7, 11) is 1.80. The van der Waals surface area contributed by atoms with Crippen LogP contribution < -0.4 is 16.4 Å². The third-order valence-electron chi connectivity index (χ3n) is 2.07. The lowest BCUT2D eigenvalue weighted by Crippen LogP contribution is -2.26. The van der Waals surface area contributed by atoms with Crippen LogP contribution in [0.15, 0.2) is 6.20 Å². The molecular weight excluding hydrogens is 206 g/mol. The van der Waals surface area contributed by atoms with Crippen LogP contribution in [0.3, 0.4) is 0 Å². The van der Waals surface area contributed by atoms with Crippen molar-refractivity contribution in [2.45, 2.75) is 19.8 Å². The zero-order chi connectivity index (χ0) is 12.0. The predicted molar refractivity (Wildman–Crippen MR) is 64.0 cm³/mol. The number of hydrogen-bond acceptors (Lipinski definition) is 4. The summed E-state index contributed by atoms with van der Waals surface area (Å²) < 4.78 is 1.63. The Labute approximate surface area is 95.2 Å². The van der Waals surface area contributed by atoms with Gasteiger partial charge in [0.05, 0.1) is 5.69 Å². The number of aromatic nitrogens is 2. The van der Waals surface area contributed by atoms with Gasteiger partial charge in [-0.3, -0.25) is 9.48 Å². The molecule has 4 N–H and O–H groups in total. The molecule has 0 saturated carbocycles. The van der Waals surface area contributed by atoms with Gasteiger partial charge in [-0.1, -0.05) is 6.92 Å². The standard InChI is InChI=1S/C10H19N5O/c1-3-5-12-9(16)4-6-13-10-8(11)7-15(2)14-10/h7H,3-6,11H2,1-2H3,(H,12,16)(H,13,14). The maximum absolute atomic E-state index is 11.3. The summed E-state index contributed by atoms with van der Waals surface area (Å²) in [6.07, 6.45) is 3.10. The summed E-state index contributed by atoms with van der Waals surface area (Å²) in [5.74, 6) is 0.676. The number of carbonyl (C=O) groups excluding carboxylic acids is 1. The first-order valence-electron chi connectivity index (χ1n) is 5.43. The van der Waals surface area contributed by atoms with Gasteiger partial charge in [-0.05, 0) is 6.42 Å². The Hall–Kier alpha value is -1.72. The summed E-state index contributed by atoms with van der Waals surface area (Å²) in [6.45, 7) is 3.29. The van der Waals surface area contributed by atoms with Crippen LogP contribution in [0.25, 0.3) is 0 Å². The summed E-state index contributed by atoms with van der Waals surface area (Å²) in [5.41, 5.74) is 6.29. The lowest BCUT2D eigenvalue weighted by atomic mass is 10.3. The average molecular weight is 225 g/mol. The molecule has 16 heavy (non-hydrogen) atoms. The van der Waals surface area contributed by atoms with Gasteiger partial charge >= 0.3 is 0 Å². The predicted octanol–water partition coefficient (Wildman–Crippen LogP) is 0.330. The van der Waals surface area contributed by atoms with Gasteiger partial charge in [-0.15, -0.1) is 0 Å². The fourth-order valence-corrected chi connectivity index (χ4v) is 1.29. The Bertz CT molecular complexity index is 347. The number of nitrogens with two attached hydrogens (primary N) is 1. The molecule has 0 aromatic carbocycles. The number of carbonyl (C=O) groups is 1. The second-order valence-electron chi connectivity index (χ2n) is 3.63. The number of nitrogens with one attached hydrogen (secondary N) is 2. The first kappa shape index (κ1) is 12.4. The molecule has 0 aliphatic heterocycles. The van der Waals surface area contributed by atoms with Crippen molar-refractivity contribution in [3.63, 3.8) is 0 Å². The molecule has 0 aliphatic rings. The van der Waals surface area contributed by atoms with Crippen molar-refractivity contribution < 1.29 is 4.79 Å². The molecule has 0 aliphatic carbocycles. The van der Waals surface area contributed by atoms with E-state index in [-0.39, 0.29) is 5.91 Å². The van der Waals surface area contributed by atoms with Gasteiger partial charge in [0.25, 0.3) is 0 Å². The molecule has 0 spiro atoms. The minimum atomic E-state index is 0.0452. The smallest absolute Gasteiger partial charge is 0.221 e. The highest BCUT2D eigenvalue weighted by Crippen LogP contribution is 2.13. The maximum atomic E-state index is 11.3. The molecule has 0 unspecified atom stereocenters. The van der Waals surface area contributed by atoms with Crippen LogP contribution in [0.2, 0.25) is 0 Å². The number of aryl methyl sites for hydroxylation is 1. The Morgan fingerprint density at radius 1 is 1.56 bits per heavy atom. The molecule has 1 amide bonds. The summed E-state index contributed by atoms with van der Waals surface area (Å²) >= 11 is 0. The second kappa shape index (κ2) is 5.99. The van der Waals surface area contributed by atoms with Gasteiger partial charge in [0, 0.05) is 32.8 Å². The molecule has 90 valence electrons. The quantitative estimate of drug-likeness (QED) is 0.651. The Balaban J connectivity index is 2.25. The maximum Gasteiger partial charge on any atom is 0.221 e. The van der Waals surface area contributed by atoms with E-state index in [4.69, 9.17) is 5.73 Å². The molecule has 6 heteroatoms. The van der Waals surface area contributed by atoms with Crippen molar-refractivity contribution >= 4 is 17.4 Å². The normalized spacial score (nSPS) is 10.1. The minimum absolute atomic E-state index is 0.0452. The van der Waals surface area contributed by atoms with Crippen molar-refractivity contribution in [2.75, 3.05) is 24.1 Å². The van der Waals surface area contributed by atoms with E-state index < -0.39 is 0 Å². The molecule has 1 rings (SSSR count). The molecule has 1 aromatic rings. The molecule has 0 radical (unpaired) electrons. The van der Waals surface area contributed by atoms with E-state index in [1.165, 1.54) is 0 Å². The van der Waals surface area contributed by atoms with E-state index in [9.17, 15) is 4.79 Å². The fourth-order valence-electron chi connectivity index (χ4n) is 1.29. The Morgan fingerprint density at radius 2 is 2.31 bits per heavy atom. The number of anilines is 2. The van der Waals surface area contributed by atoms with Gasteiger partial charge in [0.1, 0.15) is 0 Å². The molecule has 0 atom stereocenters. The van der Waals surface area contributed by atoms with Crippen molar-refractivity contribution in [1.82, 2.24) is 15.1 Å². The van der Waals surface area contributed by atoms with E-state index in [1.54, 1.807) is 17.9 Å². The zero-order valence-corrected chi connectivity index (χ0v) is 9.79. The van der Waals surface area contributed by atoms with Gasteiger partial charge in [0.2, 0.25) is 5.91 Å². The lowest BCUT2D eigenvalue weighted by Gasteiger charge is -2.04. The molecule has 6 nitrogen and oxygen atoms in total. The molecule has 1 aromatic heterocycles. The topological polar surface area (TPSA) is 85.0 Å². The van der Waals surface area contributed by atoms with Crippen LogP contribution in [0.1, 0.15) is 19.8 Å². The highest BCUT2D eigenvalue weighted by atomic mass is 16.1. The fraction of sp³-hybridized carbons (Fsp3) is 0.600. The van der Waals surface area contributed by atoms with E-state index in [0.29, 0.717) is 24.5 Å². The SMILES string of the molecule is CCCNC(=O)CCNc1nn(C)cc1N.